The zero-order chi connectivity index (χ0) is 17.2. The third kappa shape index (κ3) is 6.43. The molecule has 0 bridgehead atoms. The third-order valence-electron chi connectivity index (χ3n) is 3.68. The van der Waals surface area contributed by atoms with E-state index < -0.39 is 0 Å². The van der Waals surface area contributed by atoms with Gasteiger partial charge in [-0.15, -0.1) is 0 Å². The average molecular weight is 318 g/mol. The fraction of sp³-hybridized carbons (Fsp3) is 0.579. The smallest absolute Gasteiger partial charge is 0.253 e. The minimum Gasteiger partial charge on any atom is -0.352 e. The van der Waals surface area contributed by atoms with Gasteiger partial charge in [-0.1, -0.05) is 27.7 Å². The predicted octanol–water partition coefficient (Wildman–Crippen LogP) is 3.72. The summed E-state index contributed by atoms with van der Waals surface area (Å²) in [5.74, 6) is 0.530. The molecule has 128 valence electrons. The van der Waals surface area contributed by atoms with E-state index in [1.54, 1.807) is 24.3 Å². The van der Waals surface area contributed by atoms with E-state index in [1.807, 2.05) is 4.90 Å². The van der Waals surface area contributed by atoms with Crippen molar-refractivity contribution in [3.05, 3.63) is 35.4 Å². The Bertz CT molecular complexity index is 489. The lowest BCUT2D eigenvalue weighted by atomic mass is 10.1. The Morgan fingerprint density at radius 3 is 2.00 bits per heavy atom. The molecule has 23 heavy (non-hydrogen) atoms. The van der Waals surface area contributed by atoms with E-state index in [1.165, 1.54) is 0 Å². The molecule has 0 radical (unpaired) electrons. The first-order chi connectivity index (χ1) is 11.0. The molecule has 0 saturated carbocycles. The molecule has 1 aromatic rings. The van der Waals surface area contributed by atoms with E-state index in [4.69, 9.17) is 0 Å². The normalized spacial score (nSPS) is 10.7. The fourth-order valence-corrected chi connectivity index (χ4v) is 2.38. The van der Waals surface area contributed by atoms with Gasteiger partial charge >= 0.3 is 0 Å². The van der Waals surface area contributed by atoms with Crippen LogP contribution in [0.4, 0.5) is 0 Å². The minimum atomic E-state index is -0.0800. The van der Waals surface area contributed by atoms with E-state index >= 15 is 0 Å². The van der Waals surface area contributed by atoms with Gasteiger partial charge in [0.05, 0.1) is 0 Å². The van der Waals surface area contributed by atoms with E-state index in [0.29, 0.717) is 23.6 Å². The van der Waals surface area contributed by atoms with Crippen molar-refractivity contribution in [2.45, 2.75) is 47.0 Å². The number of carbonyl (C=O) groups excluding carboxylic acids is 2. The molecule has 0 unspecified atom stereocenters. The summed E-state index contributed by atoms with van der Waals surface area (Å²) in [7, 11) is 0. The van der Waals surface area contributed by atoms with Gasteiger partial charge in [-0.05, 0) is 49.4 Å². The summed E-state index contributed by atoms with van der Waals surface area (Å²) < 4.78 is 0. The van der Waals surface area contributed by atoms with E-state index in [9.17, 15) is 9.59 Å². The average Bonchev–Trinajstić information content (AvgIpc) is 2.53. The summed E-state index contributed by atoms with van der Waals surface area (Å²) in [5.41, 5.74) is 1.24. The Morgan fingerprint density at radius 1 is 1.00 bits per heavy atom. The molecule has 0 aliphatic heterocycles. The van der Waals surface area contributed by atoms with Gasteiger partial charge in [0, 0.05) is 30.8 Å². The van der Waals surface area contributed by atoms with Crippen molar-refractivity contribution in [2.75, 3.05) is 19.6 Å². The van der Waals surface area contributed by atoms with Crippen LogP contribution in [0.1, 0.15) is 67.7 Å². The Kier molecular flexibility index (Phi) is 8.38. The van der Waals surface area contributed by atoms with Crippen LogP contribution in [0.3, 0.4) is 0 Å². The van der Waals surface area contributed by atoms with Crippen molar-refractivity contribution in [3.8, 4) is 0 Å². The van der Waals surface area contributed by atoms with E-state index in [2.05, 4.69) is 33.0 Å². The molecule has 1 N–H and O–H groups in total. The van der Waals surface area contributed by atoms with Crippen LogP contribution in [0, 0.1) is 5.92 Å². The Balaban J connectivity index is 2.67. The first kappa shape index (κ1) is 19.2. The predicted molar refractivity (Wildman–Crippen MR) is 94.7 cm³/mol. The second-order valence-corrected chi connectivity index (χ2v) is 6.31. The van der Waals surface area contributed by atoms with Crippen LogP contribution < -0.4 is 5.32 Å². The summed E-state index contributed by atoms with van der Waals surface area (Å²) in [6.07, 6.45) is 2.86. The summed E-state index contributed by atoms with van der Waals surface area (Å²) in [4.78, 5) is 26.4. The second-order valence-electron chi connectivity index (χ2n) is 6.31. The van der Waals surface area contributed by atoms with E-state index in [0.717, 1.165) is 32.4 Å². The molecule has 0 saturated heterocycles. The molecule has 2 amide bonds. The molecule has 4 nitrogen and oxygen atoms in total. The molecule has 0 aromatic heterocycles. The van der Waals surface area contributed by atoms with Crippen molar-refractivity contribution in [1.29, 1.82) is 0 Å². The molecule has 4 heteroatoms. The van der Waals surface area contributed by atoms with Crippen molar-refractivity contribution in [1.82, 2.24) is 10.2 Å². The van der Waals surface area contributed by atoms with Crippen LogP contribution >= 0.6 is 0 Å². The standard InChI is InChI=1S/C19H30N2O2/c1-5-13-21(14-6-2)19(23)17-9-7-16(8-10-17)18(22)20-12-11-15(3)4/h7-10,15H,5-6,11-14H2,1-4H3,(H,20,22). The lowest BCUT2D eigenvalue weighted by Crippen LogP contribution is -2.32. The zero-order valence-corrected chi connectivity index (χ0v) is 14.9. The molecule has 0 fully saturated rings. The Labute approximate surface area is 140 Å². The van der Waals surface area contributed by atoms with Gasteiger partial charge in [0.1, 0.15) is 0 Å². The number of nitrogens with zero attached hydrogens (tertiary/aromatic N) is 1. The fourth-order valence-electron chi connectivity index (χ4n) is 2.38. The highest BCUT2D eigenvalue weighted by Crippen LogP contribution is 2.09. The Morgan fingerprint density at radius 2 is 1.52 bits per heavy atom. The molecule has 1 aromatic carbocycles. The molecule has 0 atom stereocenters. The van der Waals surface area contributed by atoms with Gasteiger partial charge in [-0.3, -0.25) is 9.59 Å². The number of nitrogens with one attached hydrogen (secondary N) is 1. The molecular weight excluding hydrogens is 288 g/mol. The van der Waals surface area contributed by atoms with E-state index in [-0.39, 0.29) is 11.8 Å². The Hall–Kier alpha value is -1.84. The quantitative estimate of drug-likeness (QED) is 0.754. The maximum atomic E-state index is 12.5. The third-order valence-corrected chi connectivity index (χ3v) is 3.68. The number of rotatable bonds is 9. The summed E-state index contributed by atoms with van der Waals surface area (Å²) in [6, 6.07) is 6.96. The number of benzene rings is 1. The van der Waals surface area contributed by atoms with Crippen molar-refractivity contribution < 1.29 is 9.59 Å². The van der Waals surface area contributed by atoms with Gasteiger partial charge in [-0.2, -0.15) is 0 Å². The van der Waals surface area contributed by atoms with Gasteiger partial charge in [0.25, 0.3) is 11.8 Å². The molecule has 0 spiro atoms. The largest absolute Gasteiger partial charge is 0.352 e. The summed E-state index contributed by atoms with van der Waals surface area (Å²) in [6.45, 7) is 10.6. The number of hydrogen-bond acceptors (Lipinski definition) is 2. The zero-order valence-electron chi connectivity index (χ0n) is 14.9. The van der Waals surface area contributed by atoms with Crippen LogP contribution in [0.15, 0.2) is 24.3 Å². The topological polar surface area (TPSA) is 49.4 Å². The van der Waals surface area contributed by atoms with Crippen LogP contribution in [0.5, 0.6) is 0 Å². The first-order valence-corrected chi connectivity index (χ1v) is 8.67. The molecule has 0 heterocycles. The lowest BCUT2D eigenvalue weighted by Gasteiger charge is -2.21. The van der Waals surface area contributed by atoms with Crippen molar-refractivity contribution >= 4 is 11.8 Å². The summed E-state index contributed by atoms with van der Waals surface area (Å²) >= 11 is 0. The minimum absolute atomic E-state index is 0.0421. The molecular formula is C19H30N2O2. The van der Waals surface area contributed by atoms with Gasteiger partial charge < -0.3 is 10.2 Å². The summed E-state index contributed by atoms with van der Waals surface area (Å²) in [5, 5.41) is 2.91. The number of carbonyl (C=O) groups is 2. The van der Waals surface area contributed by atoms with Crippen LogP contribution in [-0.2, 0) is 0 Å². The SMILES string of the molecule is CCCN(CCC)C(=O)c1ccc(C(=O)NCCC(C)C)cc1. The van der Waals surface area contributed by atoms with Gasteiger partial charge in [0.2, 0.25) is 0 Å². The van der Waals surface area contributed by atoms with Crippen LogP contribution in [0.25, 0.3) is 0 Å². The highest BCUT2D eigenvalue weighted by molar-refractivity contribution is 5.97. The molecule has 0 aliphatic rings. The maximum absolute atomic E-state index is 12.5. The van der Waals surface area contributed by atoms with Gasteiger partial charge in [-0.25, -0.2) is 0 Å². The second kappa shape index (κ2) is 10.0. The highest BCUT2D eigenvalue weighted by Gasteiger charge is 2.14. The van der Waals surface area contributed by atoms with Crippen LogP contribution in [-0.4, -0.2) is 36.3 Å². The van der Waals surface area contributed by atoms with Crippen molar-refractivity contribution in [3.63, 3.8) is 0 Å². The molecule has 1 rings (SSSR count). The van der Waals surface area contributed by atoms with Crippen molar-refractivity contribution in [2.24, 2.45) is 5.92 Å². The number of amides is 2. The lowest BCUT2D eigenvalue weighted by molar-refractivity contribution is 0.0755. The monoisotopic (exact) mass is 318 g/mol. The van der Waals surface area contributed by atoms with Gasteiger partial charge in [0.15, 0.2) is 0 Å². The molecule has 0 aliphatic carbocycles. The highest BCUT2D eigenvalue weighted by atomic mass is 16.2. The number of hydrogen-bond donors (Lipinski definition) is 1. The first-order valence-electron chi connectivity index (χ1n) is 8.67. The maximum Gasteiger partial charge on any atom is 0.253 e. The van der Waals surface area contributed by atoms with Crippen LogP contribution in [0.2, 0.25) is 0 Å².